The second-order valence-corrected chi connectivity index (χ2v) is 6.70. The fourth-order valence-corrected chi connectivity index (χ4v) is 3.64. The summed E-state index contributed by atoms with van der Waals surface area (Å²) in [5, 5.41) is 8.60. The molecule has 0 heterocycles. The maximum absolute atomic E-state index is 6.24. The lowest BCUT2D eigenvalue weighted by molar-refractivity contribution is 0.394. The molecule has 1 aromatic rings. The van der Waals surface area contributed by atoms with E-state index in [1.807, 2.05) is 0 Å². The van der Waals surface area contributed by atoms with Crippen molar-refractivity contribution in [3.63, 3.8) is 0 Å². The third kappa shape index (κ3) is 4.88. The number of methoxy groups -OCH3 is 2. The van der Waals surface area contributed by atoms with Crippen molar-refractivity contribution in [2.24, 2.45) is 5.10 Å². The third-order valence-electron chi connectivity index (χ3n) is 3.88. The highest BCUT2D eigenvalue weighted by Gasteiger charge is 2.17. The average Bonchev–Trinajstić information content (AvgIpc) is 2.56. The van der Waals surface area contributed by atoms with Crippen molar-refractivity contribution in [1.82, 2.24) is 10.7 Å². The van der Waals surface area contributed by atoms with Crippen molar-refractivity contribution >= 4 is 46.7 Å². The van der Waals surface area contributed by atoms with Crippen LogP contribution in [0.4, 0.5) is 0 Å². The van der Waals surface area contributed by atoms with Gasteiger partial charge >= 0.3 is 0 Å². The molecule has 8 heteroatoms. The molecule has 0 radical (unpaired) electrons. The summed E-state index contributed by atoms with van der Waals surface area (Å²) in [6, 6.07) is 2.10. The van der Waals surface area contributed by atoms with Crippen molar-refractivity contribution in [2.45, 2.75) is 38.1 Å². The molecule has 132 valence electrons. The third-order valence-corrected chi connectivity index (χ3v) is 4.71. The normalized spacial score (nSPS) is 15.3. The summed E-state index contributed by atoms with van der Waals surface area (Å²) in [5.74, 6) is 0.810. The number of rotatable bonds is 5. The van der Waals surface area contributed by atoms with E-state index in [2.05, 4.69) is 15.8 Å². The summed E-state index contributed by atoms with van der Waals surface area (Å²) in [7, 11) is 3.02. The SMILES string of the molecule is COc1c(Cl)cc(/C=N\NC(=S)NC2CCCCC2)c(OC)c1Cl. The highest BCUT2D eigenvalue weighted by atomic mass is 35.5. The van der Waals surface area contributed by atoms with E-state index in [1.165, 1.54) is 33.5 Å². The second-order valence-electron chi connectivity index (χ2n) is 5.51. The van der Waals surface area contributed by atoms with Crippen LogP contribution in [0.2, 0.25) is 10.0 Å². The monoisotopic (exact) mass is 389 g/mol. The molecule has 1 fully saturated rings. The molecule has 1 aliphatic carbocycles. The molecule has 2 rings (SSSR count). The van der Waals surface area contributed by atoms with Crippen LogP contribution < -0.4 is 20.2 Å². The first-order chi connectivity index (χ1) is 11.6. The van der Waals surface area contributed by atoms with Crippen molar-refractivity contribution in [3.8, 4) is 11.5 Å². The standard InChI is InChI=1S/C16H21Cl2N3O2S/c1-22-14-10(8-12(17)15(23-2)13(14)18)9-19-21-16(24)20-11-6-4-3-5-7-11/h8-9,11H,3-7H2,1-2H3,(H2,20,21,24)/b19-9-. The van der Waals surface area contributed by atoms with Gasteiger partial charge in [0.1, 0.15) is 10.8 Å². The highest BCUT2D eigenvalue weighted by Crippen LogP contribution is 2.41. The summed E-state index contributed by atoms with van der Waals surface area (Å²) in [5.41, 5.74) is 3.44. The Bertz CT molecular complexity index is 620. The Kier molecular flexibility index (Phi) is 7.40. The minimum atomic E-state index is 0.303. The van der Waals surface area contributed by atoms with Crippen LogP contribution in [0.5, 0.6) is 11.5 Å². The first-order valence-electron chi connectivity index (χ1n) is 7.76. The number of hydrogen-bond donors (Lipinski definition) is 2. The first-order valence-corrected chi connectivity index (χ1v) is 8.92. The maximum atomic E-state index is 6.24. The molecule has 0 atom stereocenters. The Morgan fingerprint density at radius 3 is 2.50 bits per heavy atom. The molecule has 0 amide bonds. The number of hydrazone groups is 1. The predicted molar refractivity (Wildman–Crippen MR) is 103 cm³/mol. The fourth-order valence-electron chi connectivity index (χ4n) is 2.72. The summed E-state index contributed by atoms with van der Waals surface area (Å²) in [6.45, 7) is 0. The quantitative estimate of drug-likeness (QED) is 0.450. The van der Waals surface area contributed by atoms with Gasteiger partial charge in [0, 0.05) is 11.6 Å². The maximum Gasteiger partial charge on any atom is 0.187 e. The zero-order valence-electron chi connectivity index (χ0n) is 13.7. The van der Waals surface area contributed by atoms with Gasteiger partial charge in [-0.15, -0.1) is 0 Å². The van der Waals surface area contributed by atoms with Gasteiger partial charge in [-0.25, -0.2) is 0 Å². The molecule has 0 aromatic heterocycles. The number of nitrogens with zero attached hydrogens (tertiary/aromatic N) is 1. The van der Waals surface area contributed by atoms with Gasteiger partial charge in [0.2, 0.25) is 0 Å². The van der Waals surface area contributed by atoms with Crippen LogP contribution in [0.3, 0.4) is 0 Å². The summed E-state index contributed by atoms with van der Waals surface area (Å²) in [4.78, 5) is 0. The minimum Gasteiger partial charge on any atom is -0.494 e. The van der Waals surface area contributed by atoms with E-state index < -0.39 is 0 Å². The van der Waals surface area contributed by atoms with E-state index >= 15 is 0 Å². The van der Waals surface area contributed by atoms with Crippen molar-refractivity contribution < 1.29 is 9.47 Å². The molecular formula is C16H21Cl2N3O2S. The smallest absolute Gasteiger partial charge is 0.187 e. The van der Waals surface area contributed by atoms with Gasteiger partial charge in [0.15, 0.2) is 10.9 Å². The van der Waals surface area contributed by atoms with Crippen LogP contribution in [0.25, 0.3) is 0 Å². The Balaban J connectivity index is 2.01. The van der Waals surface area contributed by atoms with E-state index in [4.69, 9.17) is 44.9 Å². The molecule has 5 nitrogen and oxygen atoms in total. The number of hydrogen-bond acceptors (Lipinski definition) is 4. The second kappa shape index (κ2) is 9.30. The molecule has 0 spiro atoms. The van der Waals surface area contributed by atoms with Crippen LogP contribution in [-0.2, 0) is 0 Å². The number of nitrogens with one attached hydrogen (secondary N) is 2. The van der Waals surface area contributed by atoms with E-state index in [1.54, 1.807) is 12.3 Å². The lowest BCUT2D eigenvalue weighted by Gasteiger charge is -2.23. The van der Waals surface area contributed by atoms with Gasteiger partial charge in [-0.05, 0) is 31.1 Å². The number of halogens is 2. The number of thiocarbonyl (C=S) groups is 1. The molecule has 1 aromatic carbocycles. The van der Waals surface area contributed by atoms with Crippen LogP contribution in [-0.4, -0.2) is 31.6 Å². The largest absolute Gasteiger partial charge is 0.494 e. The molecule has 1 saturated carbocycles. The lowest BCUT2D eigenvalue weighted by Crippen LogP contribution is -2.40. The molecule has 0 aliphatic heterocycles. The topological polar surface area (TPSA) is 54.9 Å². The van der Waals surface area contributed by atoms with Gasteiger partial charge in [-0.1, -0.05) is 42.5 Å². The van der Waals surface area contributed by atoms with E-state index in [0.717, 1.165) is 12.8 Å². The molecule has 24 heavy (non-hydrogen) atoms. The van der Waals surface area contributed by atoms with Crippen LogP contribution in [0.15, 0.2) is 11.2 Å². The molecular weight excluding hydrogens is 369 g/mol. The van der Waals surface area contributed by atoms with Gasteiger partial charge in [0.05, 0.1) is 25.5 Å². The zero-order chi connectivity index (χ0) is 17.5. The van der Waals surface area contributed by atoms with Gasteiger partial charge in [-0.2, -0.15) is 5.10 Å². The van der Waals surface area contributed by atoms with Crippen molar-refractivity contribution in [3.05, 3.63) is 21.7 Å². The summed E-state index contributed by atoms with van der Waals surface area (Å²) >= 11 is 17.6. The molecule has 2 N–H and O–H groups in total. The summed E-state index contributed by atoms with van der Waals surface area (Å²) < 4.78 is 10.5. The number of ether oxygens (including phenoxy) is 2. The molecule has 1 aliphatic rings. The lowest BCUT2D eigenvalue weighted by atomic mass is 9.96. The predicted octanol–water partition coefficient (Wildman–Crippen LogP) is 4.14. The van der Waals surface area contributed by atoms with E-state index in [9.17, 15) is 0 Å². The van der Waals surface area contributed by atoms with Crippen LogP contribution >= 0.6 is 35.4 Å². The van der Waals surface area contributed by atoms with Gasteiger partial charge in [0.25, 0.3) is 0 Å². The number of benzene rings is 1. The van der Waals surface area contributed by atoms with E-state index in [0.29, 0.717) is 38.3 Å². The Labute approximate surface area is 157 Å². The average molecular weight is 390 g/mol. The zero-order valence-corrected chi connectivity index (χ0v) is 16.0. The minimum absolute atomic E-state index is 0.303. The van der Waals surface area contributed by atoms with Crippen LogP contribution in [0.1, 0.15) is 37.7 Å². The Morgan fingerprint density at radius 2 is 1.88 bits per heavy atom. The Morgan fingerprint density at radius 1 is 1.21 bits per heavy atom. The fraction of sp³-hybridized carbons (Fsp3) is 0.500. The molecule has 0 unspecified atom stereocenters. The Hall–Kier alpha value is -1.24. The van der Waals surface area contributed by atoms with Crippen molar-refractivity contribution in [1.29, 1.82) is 0 Å². The van der Waals surface area contributed by atoms with Crippen LogP contribution in [0, 0.1) is 0 Å². The van der Waals surface area contributed by atoms with Gasteiger partial charge in [-0.3, -0.25) is 5.43 Å². The molecule has 0 saturated heterocycles. The molecule has 0 bridgehead atoms. The first kappa shape index (κ1) is 19.1. The van der Waals surface area contributed by atoms with Gasteiger partial charge < -0.3 is 14.8 Å². The highest BCUT2D eigenvalue weighted by molar-refractivity contribution is 7.80. The summed E-state index contributed by atoms with van der Waals surface area (Å²) in [6.07, 6.45) is 7.62. The van der Waals surface area contributed by atoms with Crippen molar-refractivity contribution in [2.75, 3.05) is 14.2 Å². The van der Waals surface area contributed by atoms with E-state index in [-0.39, 0.29) is 0 Å².